The summed E-state index contributed by atoms with van der Waals surface area (Å²) in [7, 11) is -3.92. The number of benzene rings is 1. The van der Waals surface area contributed by atoms with Gasteiger partial charge in [-0.2, -0.15) is 12.8 Å². The highest BCUT2D eigenvalue weighted by Crippen LogP contribution is 2.34. The van der Waals surface area contributed by atoms with Gasteiger partial charge in [-0.05, 0) is 12.1 Å². The largest absolute Gasteiger partial charge is 0.454 e. The van der Waals surface area contributed by atoms with Crippen LogP contribution in [-0.4, -0.2) is 25.4 Å². The number of hydrogen-bond donors (Lipinski definition) is 0. The summed E-state index contributed by atoms with van der Waals surface area (Å²) in [6.07, 6.45) is 0.748. The minimum absolute atomic E-state index is 0.619. The topological polar surface area (TPSA) is 95.7 Å². The first-order valence-corrected chi connectivity index (χ1v) is 6.96. The van der Waals surface area contributed by atoms with E-state index in [9.17, 15) is 27.3 Å². The van der Waals surface area contributed by atoms with E-state index in [0.717, 1.165) is 26.2 Å². The smallest absolute Gasteiger partial charge is 0.349 e. The van der Waals surface area contributed by atoms with Crippen molar-refractivity contribution in [3.8, 4) is 5.75 Å². The highest BCUT2D eigenvalue weighted by Gasteiger charge is 2.32. The van der Waals surface area contributed by atoms with E-state index in [2.05, 4.69) is 4.18 Å². The van der Waals surface area contributed by atoms with Crippen LogP contribution in [0.25, 0.3) is 0 Å². The van der Waals surface area contributed by atoms with Gasteiger partial charge < -0.3 is 4.74 Å². The lowest BCUT2D eigenvalue weighted by atomic mass is 10.2. The van der Waals surface area contributed by atoms with E-state index < -0.39 is 43.9 Å². The van der Waals surface area contributed by atoms with Crippen LogP contribution in [0.4, 0.5) is 14.5 Å². The second-order valence-corrected chi connectivity index (χ2v) is 5.83. The van der Waals surface area contributed by atoms with Crippen molar-refractivity contribution < 1.29 is 31.0 Å². The molecule has 0 aliphatic carbocycles. The second kappa shape index (κ2) is 5.29. The van der Waals surface area contributed by atoms with Gasteiger partial charge in [-0.1, -0.05) is 0 Å². The van der Waals surface area contributed by atoms with Gasteiger partial charge in [-0.15, -0.1) is 0 Å². The molecule has 0 bridgehead atoms. The Morgan fingerprint density at radius 3 is 2.30 bits per heavy atom. The molecule has 0 fully saturated rings. The molecule has 0 aromatic heterocycles. The van der Waals surface area contributed by atoms with Crippen molar-refractivity contribution in [2.45, 2.75) is 19.6 Å². The zero-order valence-electron chi connectivity index (χ0n) is 10.7. The molecule has 0 saturated heterocycles. The minimum Gasteiger partial charge on any atom is -0.454 e. The van der Waals surface area contributed by atoms with Crippen LogP contribution < -0.4 is 4.74 Å². The molecule has 112 valence electrons. The van der Waals surface area contributed by atoms with Crippen molar-refractivity contribution in [2.75, 3.05) is 6.26 Å². The van der Waals surface area contributed by atoms with Crippen molar-refractivity contribution in [1.29, 1.82) is 0 Å². The lowest BCUT2D eigenvalue weighted by Crippen LogP contribution is -2.34. The van der Waals surface area contributed by atoms with Crippen LogP contribution in [0.5, 0.6) is 5.75 Å². The Kier molecular flexibility index (Phi) is 4.30. The van der Waals surface area contributed by atoms with E-state index >= 15 is 0 Å². The first kappa shape index (κ1) is 16.2. The van der Waals surface area contributed by atoms with Crippen molar-refractivity contribution >= 4 is 15.8 Å². The number of ether oxygens (including phenoxy) is 1. The van der Waals surface area contributed by atoms with Crippen molar-refractivity contribution in [3.05, 3.63) is 33.9 Å². The molecule has 0 aliphatic heterocycles. The quantitative estimate of drug-likeness (QED) is 0.357. The van der Waals surface area contributed by atoms with Gasteiger partial charge in [-0.25, -0.2) is 8.57 Å². The van der Waals surface area contributed by atoms with Crippen LogP contribution in [0.15, 0.2) is 12.1 Å². The van der Waals surface area contributed by atoms with Gasteiger partial charge in [0.15, 0.2) is 5.82 Å². The van der Waals surface area contributed by atoms with Gasteiger partial charge in [0, 0.05) is 13.8 Å². The molecule has 0 heterocycles. The first-order valence-electron chi connectivity index (χ1n) is 5.15. The fourth-order valence-electron chi connectivity index (χ4n) is 1.42. The molecule has 0 aliphatic rings. The zero-order valence-corrected chi connectivity index (χ0v) is 11.5. The van der Waals surface area contributed by atoms with E-state index in [1.165, 1.54) is 0 Å². The fourth-order valence-corrected chi connectivity index (χ4v) is 2.18. The Labute approximate surface area is 113 Å². The third-order valence-corrected chi connectivity index (χ3v) is 2.63. The predicted octanol–water partition coefficient (Wildman–Crippen LogP) is 1.96. The molecule has 1 aromatic rings. The maximum atomic E-state index is 13.4. The highest BCUT2D eigenvalue weighted by molar-refractivity contribution is 7.86. The molecule has 20 heavy (non-hydrogen) atoms. The fraction of sp³-hybridized carbons (Fsp3) is 0.400. The summed E-state index contributed by atoms with van der Waals surface area (Å²) >= 11 is 0. The monoisotopic (exact) mass is 311 g/mol. The Morgan fingerprint density at radius 2 is 1.85 bits per heavy atom. The number of rotatable bonds is 5. The van der Waals surface area contributed by atoms with Crippen LogP contribution >= 0.6 is 0 Å². The van der Waals surface area contributed by atoms with Gasteiger partial charge in [0.1, 0.15) is 0 Å². The van der Waals surface area contributed by atoms with E-state index in [-0.39, 0.29) is 0 Å². The van der Waals surface area contributed by atoms with Crippen LogP contribution in [0, 0.1) is 21.7 Å². The molecule has 0 amide bonds. The summed E-state index contributed by atoms with van der Waals surface area (Å²) in [5, 5.41) is 10.7. The summed E-state index contributed by atoms with van der Waals surface area (Å²) in [5.74, 6) is -5.61. The number of nitro groups is 1. The lowest BCUT2D eigenvalue weighted by Gasteiger charge is -2.24. The molecule has 1 rings (SSSR count). The number of hydrogen-bond acceptors (Lipinski definition) is 6. The van der Waals surface area contributed by atoms with Crippen LogP contribution in [0.1, 0.15) is 13.8 Å². The number of nitrogens with zero attached hydrogens (tertiary/aromatic N) is 1. The molecule has 0 saturated carbocycles. The molecule has 0 unspecified atom stereocenters. The SMILES string of the molecule is CC(C)(Oc1ccc(F)c(F)c1[N+](=O)[O-])OS(C)(=O)=O. The molecule has 0 N–H and O–H groups in total. The Morgan fingerprint density at radius 1 is 1.30 bits per heavy atom. The van der Waals surface area contributed by atoms with Crippen molar-refractivity contribution in [2.24, 2.45) is 0 Å². The second-order valence-electron chi connectivity index (χ2n) is 4.25. The van der Waals surface area contributed by atoms with E-state index in [1.54, 1.807) is 0 Å². The molecule has 10 heteroatoms. The zero-order chi connectivity index (χ0) is 15.7. The van der Waals surface area contributed by atoms with Crippen LogP contribution in [-0.2, 0) is 14.3 Å². The minimum atomic E-state index is -3.92. The summed E-state index contributed by atoms with van der Waals surface area (Å²) in [5.41, 5.74) is -1.24. The standard InChI is InChI=1S/C10H11F2NO6S/c1-10(2,19-20(3,16)17)18-7-5-4-6(11)8(12)9(7)13(14)15/h4-5H,1-3H3. The predicted molar refractivity (Wildman–Crippen MR) is 63.6 cm³/mol. The van der Waals surface area contributed by atoms with Gasteiger partial charge in [-0.3, -0.25) is 10.1 Å². The maximum Gasteiger partial charge on any atom is 0.349 e. The van der Waals surface area contributed by atoms with Crippen molar-refractivity contribution in [3.63, 3.8) is 0 Å². The molecule has 0 radical (unpaired) electrons. The van der Waals surface area contributed by atoms with Gasteiger partial charge in [0.25, 0.3) is 10.1 Å². The van der Waals surface area contributed by atoms with Gasteiger partial charge >= 0.3 is 5.69 Å². The average molecular weight is 311 g/mol. The third kappa shape index (κ3) is 4.10. The van der Waals surface area contributed by atoms with Gasteiger partial charge in [0.2, 0.25) is 17.4 Å². The average Bonchev–Trinajstić information content (AvgIpc) is 2.18. The normalized spacial score (nSPS) is 12.2. The maximum absolute atomic E-state index is 13.4. The summed E-state index contributed by atoms with van der Waals surface area (Å²) in [6, 6.07) is 1.43. The van der Waals surface area contributed by atoms with E-state index in [0.29, 0.717) is 6.07 Å². The summed E-state index contributed by atoms with van der Waals surface area (Å²) in [4.78, 5) is 9.55. The first-order chi connectivity index (χ1) is 8.93. The van der Waals surface area contributed by atoms with Crippen LogP contribution in [0.2, 0.25) is 0 Å². The number of halogens is 2. The Bertz CT molecular complexity index is 643. The lowest BCUT2D eigenvalue weighted by molar-refractivity contribution is -0.389. The third-order valence-electron chi connectivity index (χ3n) is 1.92. The molecular formula is C10H11F2NO6S. The van der Waals surface area contributed by atoms with E-state index in [1.807, 2.05) is 0 Å². The molecular weight excluding hydrogens is 300 g/mol. The molecule has 7 nitrogen and oxygen atoms in total. The highest BCUT2D eigenvalue weighted by atomic mass is 32.2. The number of nitro benzene ring substituents is 1. The summed E-state index contributed by atoms with van der Waals surface area (Å²) < 4.78 is 57.8. The Balaban J connectivity index is 3.22. The van der Waals surface area contributed by atoms with Gasteiger partial charge in [0.05, 0.1) is 11.2 Å². The van der Waals surface area contributed by atoms with E-state index in [4.69, 9.17) is 4.74 Å². The molecule has 0 atom stereocenters. The van der Waals surface area contributed by atoms with Crippen molar-refractivity contribution in [1.82, 2.24) is 0 Å². The Hall–Kier alpha value is -1.81. The van der Waals surface area contributed by atoms with Crippen LogP contribution in [0.3, 0.4) is 0 Å². The summed E-state index contributed by atoms with van der Waals surface area (Å²) in [6.45, 7) is 2.30. The molecule has 0 spiro atoms. The molecule has 1 aromatic carbocycles.